The molecule has 0 atom stereocenters. The maximum atomic E-state index is 12.2. The number of nitrogens with zero attached hydrogens (tertiary/aromatic N) is 3. The molecule has 0 heterocycles. The first-order valence-electron chi connectivity index (χ1n) is 7.49. The van der Waals surface area contributed by atoms with Crippen LogP contribution in [0, 0.1) is 22.7 Å². The quantitative estimate of drug-likeness (QED) is 0.853. The van der Waals surface area contributed by atoms with Gasteiger partial charge in [-0.3, -0.25) is 4.79 Å². The Labute approximate surface area is 135 Å². The predicted molar refractivity (Wildman–Crippen MR) is 89.5 cm³/mol. The molecule has 0 radical (unpaired) electrons. The first-order chi connectivity index (χ1) is 11.2. The van der Waals surface area contributed by atoms with Gasteiger partial charge in [-0.25, -0.2) is 0 Å². The fraction of sp³-hybridized carbons (Fsp3) is 0.278. The number of carbonyl (C=O) groups is 1. The van der Waals surface area contributed by atoms with Crippen molar-refractivity contribution >= 4 is 22.4 Å². The Kier molecular flexibility index (Phi) is 5.97. The normalized spacial score (nSPS) is 9.83. The minimum Gasteiger partial charge on any atom is -0.376 e. The third kappa shape index (κ3) is 4.72. The lowest BCUT2D eigenvalue weighted by Gasteiger charge is -2.20. The van der Waals surface area contributed by atoms with Gasteiger partial charge in [0.25, 0.3) is 0 Å². The van der Waals surface area contributed by atoms with Crippen molar-refractivity contribution in [2.45, 2.75) is 12.8 Å². The number of amides is 1. The number of rotatable bonds is 7. The van der Waals surface area contributed by atoms with E-state index in [0.29, 0.717) is 13.1 Å². The smallest absolute Gasteiger partial charge is 0.241 e. The van der Waals surface area contributed by atoms with E-state index in [1.54, 1.807) is 4.90 Å². The van der Waals surface area contributed by atoms with Gasteiger partial charge in [0.05, 0.1) is 31.5 Å². The first kappa shape index (κ1) is 16.3. The second-order valence-electron chi connectivity index (χ2n) is 5.11. The van der Waals surface area contributed by atoms with Crippen LogP contribution in [0.5, 0.6) is 0 Å². The highest BCUT2D eigenvalue weighted by Gasteiger charge is 2.12. The Morgan fingerprint density at radius 3 is 2.30 bits per heavy atom. The highest BCUT2D eigenvalue weighted by molar-refractivity contribution is 5.87. The molecule has 0 fully saturated rings. The third-order valence-electron chi connectivity index (χ3n) is 3.53. The van der Waals surface area contributed by atoms with E-state index in [1.807, 2.05) is 54.6 Å². The second kappa shape index (κ2) is 8.41. The van der Waals surface area contributed by atoms with Gasteiger partial charge in [0.2, 0.25) is 5.91 Å². The molecule has 23 heavy (non-hydrogen) atoms. The van der Waals surface area contributed by atoms with Crippen LogP contribution in [0.1, 0.15) is 12.8 Å². The summed E-state index contributed by atoms with van der Waals surface area (Å²) in [5, 5.41) is 22.7. The summed E-state index contributed by atoms with van der Waals surface area (Å²) in [5.74, 6) is -0.108. The molecule has 2 rings (SSSR count). The van der Waals surface area contributed by atoms with E-state index in [1.165, 1.54) is 0 Å². The van der Waals surface area contributed by atoms with E-state index in [4.69, 9.17) is 10.5 Å². The molecule has 2 aromatic rings. The van der Waals surface area contributed by atoms with Crippen LogP contribution < -0.4 is 5.32 Å². The second-order valence-corrected chi connectivity index (χ2v) is 5.11. The summed E-state index contributed by atoms with van der Waals surface area (Å²) in [6, 6.07) is 18.0. The summed E-state index contributed by atoms with van der Waals surface area (Å²) >= 11 is 0. The number of carbonyl (C=O) groups excluding carboxylic acids is 1. The molecular formula is C18H18N4O. The lowest BCUT2D eigenvalue weighted by Crippen LogP contribution is -2.36. The summed E-state index contributed by atoms with van der Waals surface area (Å²) in [6.45, 7) is 0.863. The molecule has 0 bridgehead atoms. The van der Waals surface area contributed by atoms with E-state index in [-0.39, 0.29) is 25.3 Å². The zero-order chi connectivity index (χ0) is 16.5. The largest absolute Gasteiger partial charge is 0.376 e. The molecule has 0 aromatic heterocycles. The molecule has 1 N–H and O–H groups in total. The fourth-order valence-electron chi connectivity index (χ4n) is 2.32. The van der Waals surface area contributed by atoms with Crippen molar-refractivity contribution in [1.29, 1.82) is 10.5 Å². The van der Waals surface area contributed by atoms with Crippen LogP contribution in [0.25, 0.3) is 10.8 Å². The summed E-state index contributed by atoms with van der Waals surface area (Å²) in [5.41, 5.74) is 0.873. The molecule has 0 aliphatic rings. The van der Waals surface area contributed by atoms with Crippen LogP contribution >= 0.6 is 0 Å². The van der Waals surface area contributed by atoms with Crippen molar-refractivity contribution in [3.63, 3.8) is 0 Å². The average Bonchev–Trinajstić information content (AvgIpc) is 2.59. The van der Waals surface area contributed by atoms with Gasteiger partial charge in [-0.1, -0.05) is 30.3 Å². The number of hydrogen-bond donors (Lipinski definition) is 1. The van der Waals surface area contributed by atoms with Crippen molar-refractivity contribution in [2.75, 3.05) is 25.0 Å². The lowest BCUT2D eigenvalue weighted by molar-refractivity contribution is -0.129. The molecular weight excluding hydrogens is 288 g/mol. The van der Waals surface area contributed by atoms with E-state index < -0.39 is 0 Å². The van der Waals surface area contributed by atoms with Gasteiger partial charge in [-0.15, -0.1) is 0 Å². The molecule has 5 nitrogen and oxygen atoms in total. The van der Waals surface area contributed by atoms with Gasteiger partial charge in [-0.2, -0.15) is 10.5 Å². The van der Waals surface area contributed by atoms with Crippen LogP contribution in [0.4, 0.5) is 5.69 Å². The number of nitrogens with one attached hydrogen (secondary N) is 1. The van der Waals surface area contributed by atoms with Gasteiger partial charge >= 0.3 is 0 Å². The summed E-state index contributed by atoms with van der Waals surface area (Å²) in [7, 11) is 0. The van der Waals surface area contributed by atoms with Crippen molar-refractivity contribution < 1.29 is 4.79 Å². The highest BCUT2D eigenvalue weighted by atomic mass is 16.2. The summed E-state index contributed by atoms with van der Waals surface area (Å²) in [6.07, 6.45) is 0.542. The molecule has 0 aliphatic heterocycles. The van der Waals surface area contributed by atoms with E-state index in [2.05, 4.69) is 5.32 Å². The van der Waals surface area contributed by atoms with Gasteiger partial charge in [0, 0.05) is 18.8 Å². The average molecular weight is 306 g/mol. The molecule has 2 aromatic carbocycles. The summed E-state index contributed by atoms with van der Waals surface area (Å²) in [4.78, 5) is 13.8. The van der Waals surface area contributed by atoms with Gasteiger partial charge in [0.15, 0.2) is 0 Å². The van der Waals surface area contributed by atoms with Crippen molar-refractivity contribution in [2.24, 2.45) is 0 Å². The van der Waals surface area contributed by atoms with Crippen LogP contribution in [-0.4, -0.2) is 30.4 Å². The number of nitriles is 2. The molecule has 0 saturated heterocycles. The SMILES string of the molecule is N#CCCN(CCC#N)C(=O)CNc1ccc2ccccc2c1. The van der Waals surface area contributed by atoms with Crippen LogP contribution in [-0.2, 0) is 4.79 Å². The van der Waals surface area contributed by atoms with Crippen LogP contribution in [0.15, 0.2) is 42.5 Å². The van der Waals surface area contributed by atoms with Crippen molar-refractivity contribution in [1.82, 2.24) is 4.90 Å². The number of benzene rings is 2. The number of hydrogen-bond acceptors (Lipinski definition) is 4. The Hall–Kier alpha value is -3.05. The molecule has 1 amide bonds. The van der Waals surface area contributed by atoms with Gasteiger partial charge in [-0.05, 0) is 22.9 Å². The third-order valence-corrected chi connectivity index (χ3v) is 3.53. The number of anilines is 1. The monoisotopic (exact) mass is 306 g/mol. The minimum absolute atomic E-state index is 0.108. The van der Waals surface area contributed by atoms with E-state index >= 15 is 0 Å². The maximum Gasteiger partial charge on any atom is 0.241 e. The van der Waals surface area contributed by atoms with E-state index in [0.717, 1.165) is 16.5 Å². The molecule has 0 aliphatic carbocycles. The lowest BCUT2D eigenvalue weighted by atomic mass is 10.1. The Morgan fingerprint density at radius 1 is 1.00 bits per heavy atom. The predicted octanol–water partition coefficient (Wildman–Crippen LogP) is 2.91. The minimum atomic E-state index is -0.108. The standard InChI is InChI=1S/C18H18N4O/c19-9-3-11-22(12-4-10-20)18(23)14-21-17-8-7-15-5-1-2-6-16(15)13-17/h1-2,5-8,13,21H,3-4,11-12,14H2. The van der Waals surface area contributed by atoms with Crippen molar-refractivity contribution in [3.8, 4) is 12.1 Å². The van der Waals surface area contributed by atoms with Gasteiger partial charge < -0.3 is 10.2 Å². The zero-order valence-corrected chi connectivity index (χ0v) is 12.8. The highest BCUT2D eigenvalue weighted by Crippen LogP contribution is 2.18. The van der Waals surface area contributed by atoms with Crippen LogP contribution in [0.2, 0.25) is 0 Å². The topological polar surface area (TPSA) is 79.9 Å². The zero-order valence-electron chi connectivity index (χ0n) is 12.8. The number of fused-ring (bicyclic) bond motifs is 1. The van der Waals surface area contributed by atoms with Crippen LogP contribution in [0.3, 0.4) is 0 Å². The molecule has 0 saturated carbocycles. The molecule has 0 unspecified atom stereocenters. The Morgan fingerprint density at radius 2 is 1.65 bits per heavy atom. The fourth-order valence-corrected chi connectivity index (χ4v) is 2.32. The molecule has 5 heteroatoms. The first-order valence-corrected chi connectivity index (χ1v) is 7.49. The Balaban J connectivity index is 1.97. The maximum absolute atomic E-state index is 12.2. The van der Waals surface area contributed by atoms with E-state index in [9.17, 15) is 4.79 Å². The molecule has 116 valence electrons. The van der Waals surface area contributed by atoms with Gasteiger partial charge in [0.1, 0.15) is 0 Å². The Bertz CT molecular complexity index is 739. The van der Waals surface area contributed by atoms with Crippen molar-refractivity contribution in [3.05, 3.63) is 42.5 Å². The molecule has 0 spiro atoms. The summed E-state index contributed by atoms with van der Waals surface area (Å²) < 4.78 is 0.